The van der Waals surface area contributed by atoms with Gasteiger partial charge in [0.05, 0.1) is 5.52 Å². The van der Waals surface area contributed by atoms with E-state index in [1.807, 2.05) is 0 Å². The van der Waals surface area contributed by atoms with Crippen molar-refractivity contribution in [3.05, 3.63) is 82.3 Å². The molecule has 3 rings (SSSR count). The molecular formula is C19H18N4O3. The summed E-state index contributed by atoms with van der Waals surface area (Å²) in [4.78, 5) is 29.5. The molecule has 3 aromatic rings. The smallest absolute Gasteiger partial charge is 0.356 e. The van der Waals surface area contributed by atoms with Crippen LogP contribution in [0.15, 0.2) is 70.9 Å². The summed E-state index contributed by atoms with van der Waals surface area (Å²) in [5.74, 6) is -0.130. The van der Waals surface area contributed by atoms with Gasteiger partial charge >= 0.3 is 11.4 Å². The van der Waals surface area contributed by atoms with Gasteiger partial charge in [0.2, 0.25) is 0 Å². The quantitative estimate of drug-likeness (QED) is 0.692. The molecule has 0 saturated heterocycles. The maximum Gasteiger partial charge on any atom is 0.356 e. The first kappa shape index (κ1) is 17.2. The van der Waals surface area contributed by atoms with Crippen LogP contribution in [0.4, 0.5) is 0 Å². The first-order chi connectivity index (χ1) is 12.6. The number of aromatic amines is 1. The number of hydrogen-bond donors (Lipinski definition) is 2. The van der Waals surface area contributed by atoms with Crippen LogP contribution in [0, 0.1) is 0 Å². The van der Waals surface area contributed by atoms with Crippen LogP contribution in [0.5, 0.6) is 5.75 Å². The molecule has 2 heterocycles. The standard InChI is InChI=1S/C19H18N4O3/c1-3-5-6-8-13(4-2)22-18(25)21-23(19(22)26)17-14-9-7-12-20-15(14)10-11-16(17)24/h3-7,9-12,24H,1,8H2,2H3,(H,21,25). The molecule has 1 aromatic carbocycles. The van der Waals surface area contributed by atoms with E-state index in [0.29, 0.717) is 23.0 Å². The van der Waals surface area contributed by atoms with Crippen molar-refractivity contribution in [1.82, 2.24) is 19.3 Å². The number of allylic oxidation sites excluding steroid dienone is 5. The topological polar surface area (TPSA) is 92.9 Å². The summed E-state index contributed by atoms with van der Waals surface area (Å²) in [6.07, 6.45) is 8.85. The molecule has 0 amide bonds. The normalized spacial score (nSPS) is 12.1. The second kappa shape index (κ2) is 7.10. The van der Waals surface area contributed by atoms with Gasteiger partial charge in [-0.3, -0.25) is 4.98 Å². The fourth-order valence-electron chi connectivity index (χ4n) is 2.77. The molecule has 0 aliphatic rings. The van der Waals surface area contributed by atoms with Gasteiger partial charge in [0.25, 0.3) is 0 Å². The Balaban J connectivity index is 2.23. The number of H-pyrrole nitrogens is 1. The highest BCUT2D eigenvalue weighted by atomic mass is 16.3. The lowest BCUT2D eigenvalue weighted by atomic mass is 10.1. The van der Waals surface area contributed by atoms with Crippen LogP contribution < -0.4 is 11.4 Å². The van der Waals surface area contributed by atoms with E-state index < -0.39 is 11.4 Å². The lowest BCUT2D eigenvalue weighted by molar-refractivity contribution is 0.470. The van der Waals surface area contributed by atoms with Gasteiger partial charge in [0.15, 0.2) is 0 Å². The van der Waals surface area contributed by atoms with Gasteiger partial charge in [-0.05, 0) is 31.2 Å². The first-order valence-electron chi connectivity index (χ1n) is 8.02. The maximum absolute atomic E-state index is 12.9. The van der Waals surface area contributed by atoms with E-state index in [0.717, 1.165) is 9.25 Å². The number of rotatable bonds is 5. The van der Waals surface area contributed by atoms with Crippen LogP contribution in [0.1, 0.15) is 13.3 Å². The summed E-state index contributed by atoms with van der Waals surface area (Å²) in [7, 11) is 0. The lowest BCUT2D eigenvalue weighted by Gasteiger charge is -2.08. The Hall–Kier alpha value is -3.61. The number of nitrogens with zero attached hydrogens (tertiary/aromatic N) is 3. The zero-order chi connectivity index (χ0) is 18.7. The van der Waals surface area contributed by atoms with Crippen LogP contribution in [-0.2, 0) is 0 Å². The fraction of sp³-hybridized carbons (Fsp3) is 0.105. The molecule has 0 spiro atoms. The molecule has 2 aromatic heterocycles. The third-order valence-corrected chi connectivity index (χ3v) is 3.97. The molecule has 0 saturated carbocycles. The molecule has 0 unspecified atom stereocenters. The number of fused-ring (bicyclic) bond motifs is 1. The predicted octanol–water partition coefficient (Wildman–Crippen LogP) is 2.57. The minimum absolute atomic E-state index is 0.130. The van der Waals surface area contributed by atoms with Crippen LogP contribution in [-0.4, -0.2) is 24.4 Å². The minimum atomic E-state index is -0.596. The number of aromatic hydroxyl groups is 1. The number of phenolic OH excluding ortho intramolecular Hbond substituents is 1. The Morgan fingerprint density at radius 1 is 1.35 bits per heavy atom. The largest absolute Gasteiger partial charge is 0.506 e. The van der Waals surface area contributed by atoms with Crippen molar-refractivity contribution in [3.8, 4) is 11.4 Å². The molecule has 0 aliphatic heterocycles. The van der Waals surface area contributed by atoms with Gasteiger partial charge in [-0.1, -0.05) is 30.9 Å². The zero-order valence-electron chi connectivity index (χ0n) is 14.2. The number of aromatic nitrogens is 4. The van der Waals surface area contributed by atoms with Crippen molar-refractivity contribution >= 4 is 16.6 Å². The summed E-state index contributed by atoms with van der Waals surface area (Å²) in [5, 5.41) is 13.4. The Bertz CT molecular complexity index is 1150. The van der Waals surface area contributed by atoms with Crippen molar-refractivity contribution in [1.29, 1.82) is 0 Å². The van der Waals surface area contributed by atoms with E-state index >= 15 is 0 Å². The fourth-order valence-corrected chi connectivity index (χ4v) is 2.77. The van der Waals surface area contributed by atoms with Gasteiger partial charge in [0.1, 0.15) is 11.4 Å². The maximum atomic E-state index is 12.9. The minimum Gasteiger partial charge on any atom is -0.506 e. The molecule has 7 heteroatoms. The van der Waals surface area contributed by atoms with Gasteiger partial charge in [-0.2, -0.15) is 4.68 Å². The summed E-state index contributed by atoms with van der Waals surface area (Å²) in [5.41, 5.74) is 0.123. The average molecular weight is 350 g/mol. The zero-order valence-corrected chi connectivity index (χ0v) is 14.2. The molecule has 2 N–H and O–H groups in total. The molecule has 0 aliphatic carbocycles. The van der Waals surface area contributed by atoms with Crippen molar-refractivity contribution in [2.45, 2.75) is 13.3 Å². The monoisotopic (exact) mass is 350 g/mol. The van der Waals surface area contributed by atoms with Gasteiger partial charge in [-0.25, -0.2) is 19.3 Å². The van der Waals surface area contributed by atoms with E-state index in [9.17, 15) is 14.7 Å². The highest BCUT2D eigenvalue weighted by Gasteiger charge is 2.18. The van der Waals surface area contributed by atoms with Gasteiger partial charge in [-0.15, -0.1) is 0 Å². The molecule has 132 valence electrons. The van der Waals surface area contributed by atoms with Crippen molar-refractivity contribution in [2.75, 3.05) is 0 Å². The highest BCUT2D eigenvalue weighted by Crippen LogP contribution is 2.28. The van der Waals surface area contributed by atoms with Crippen molar-refractivity contribution < 1.29 is 5.11 Å². The number of pyridine rings is 1. The first-order valence-corrected chi connectivity index (χ1v) is 8.02. The van der Waals surface area contributed by atoms with E-state index in [1.165, 1.54) is 6.07 Å². The van der Waals surface area contributed by atoms with Crippen LogP contribution in [0.2, 0.25) is 0 Å². The second-order valence-electron chi connectivity index (χ2n) is 5.52. The number of nitrogens with one attached hydrogen (secondary N) is 1. The number of hydrogen-bond acceptors (Lipinski definition) is 4. The predicted molar refractivity (Wildman–Crippen MR) is 102 cm³/mol. The molecule has 7 nitrogen and oxygen atoms in total. The lowest BCUT2D eigenvalue weighted by Crippen LogP contribution is -2.27. The van der Waals surface area contributed by atoms with Crippen LogP contribution in [0.3, 0.4) is 0 Å². The summed E-state index contributed by atoms with van der Waals surface area (Å²) in [6, 6.07) is 6.51. The molecule has 0 atom stereocenters. The van der Waals surface area contributed by atoms with Crippen LogP contribution >= 0.6 is 0 Å². The number of benzene rings is 1. The van der Waals surface area contributed by atoms with E-state index in [2.05, 4.69) is 16.7 Å². The Labute approximate surface area is 148 Å². The third kappa shape index (κ3) is 2.90. The van der Waals surface area contributed by atoms with Crippen molar-refractivity contribution in [3.63, 3.8) is 0 Å². The molecular weight excluding hydrogens is 332 g/mol. The van der Waals surface area contributed by atoms with E-state index in [4.69, 9.17) is 0 Å². The van der Waals surface area contributed by atoms with E-state index in [1.54, 1.807) is 55.6 Å². The Kier molecular flexibility index (Phi) is 4.70. The molecule has 0 bridgehead atoms. The highest BCUT2D eigenvalue weighted by molar-refractivity contribution is 5.89. The van der Waals surface area contributed by atoms with Gasteiger partial charge < -0.3 is 5.11 Å². The van der Waals surface area contributed by atoms with Crippen molar-refractivity contribution in [2.24, 2.45) is 0 Å². The average Bonchev–Trinajstić information content (AvgIpc) is 2.93. The molecule has 26 heavy (non-hydrogen) atoms. The molecule has 0 radical (unpaired) electrons. The van der Waals surface area contributed by atoms with Crippen LogP contribution in [0.25, 0.3) is 22.3 Å². The summed E-state index contributed by atoms with van der Waals surface area (Å²) in [6.45, 7) is 5.34. The Morgan fingerprint density at radius 2 is 2.15 bits per heavy atom. The van der Waals surface area contributed by atoms with E-state index in [-0.39, 0.29) is 11.4 Å². The summed E-state index contributed by atoms with van der Waals surface area (Å²) >= 11 is 0. The summed E-state index contributed by atoms with van der Waals surface area (Å²) < 4.78 is 2.09. The third-order valence-electron chi connectivity index (χ3n) is 3.97. The second-order valence-corrected chi connectivity index (χ2v) is 5.52. The SMILES string of the molecule is C=CC=CCC(=CC)n1c(=O)[nH]n(-c2c(O)ccc3ncccc23)c1=O. The Morgan fingerprint density at radius 3 is 2.88 bits per heavy atom. The number of phenols is 1. The van der Waals surface area contributed by atoms with Gasteiger partial charge in [0, 0.05) is 23.7 Å². The molecule has 0 fully saturated rings.